The topological polar surface area (TPSA) is 26.0 Å². The molecule has 0 aromatic heterocycles. The van der Waals surface area contributed by atoms with Crippen LogP contribution in [0, 0.1) is 0 Å². The Bertz CT molecular complexity index is 99.7. The maximum Gasteiger partial charge on any atom is 0.00497 e. The van der Waals surface area contributed by atoms with Crippen LogP contribution in [0.2, 0.25) is 0 Å². The molecule has 1 aliphatic rings. The van der Waals surface area contributed by atoms with Crippen molar-refractivity contribution in [2.24, 2.45) is 5.73 Å². The second-order valence-electron chi connectivity index (χ2n) is 3.43. The normalized spacial score (nSPS) is 22.4. The van der Waals surface area contributed by atoms with E-state index in [1.54, 1.807) is 0 Å². The lowest BCUT2D eigenvalue weighted by Crippen LogP contribution is -2.10. The standard InChI is InChI=1S/C9H19NS/c1-8(6-7-10)11-9-4-2-3-5-9/h8-9H,2-7,10H2,1H3. The molecule has 2 heteroatoms. The van der Waals surface area contributed by atoms with E-state index < -0.39 is 0 Å². The number of rotatable bonds is 4. The third-order valence-corrected chi connectivity index (χ3v) is 3.86. The van der Waals surface area contributed by atoms with Gasteiger partial charge >= 0.3 is 0 Å². The first-order valence-corrected chi connectivity index (χ1v) is 5.62. The molecule has 0 aromatic rings. The maximum absolute atomic E-state index is 5.49. The molecule has 0 aliphatic heterocycles. The SMILES string of the molecule is CC(CCN)SC1CCCC1. The first kappa shape index (κ1) is 9.40. The van der Waals surface area contributed by atoms with Gasteiger partial charge in [0.1, 0.15) is 0 Å². The molecule has 0 heterocycles. The molecule has 1 rings (SSSR count). The van der Waals surface area contributed by atoms with Crippen molar-refractivity contribution in [1.82, 2.24) is 0 Å². The van der Waals surface area contributed by atoms with Crippen LogP contribution >= 0.6 is 11.8 Å². The summed E-state index contributed by atoms with van der Waals surface area (Å²) in [5.41, 5.74) is 5.49. The Morgan fingerprint density at radius 3 is 2.64 bits per heavy atom. The van der Waals surface area contributed by atoms with E-state index in [9.17, 15) is 0 Å². The Morgan fingerprint density at radius 2 is 2.09 bits per heavy atom. The fraction of sp³-hybridized carbons (Fsp3) is 1.00. The van der Waals surface area contributed by atoms with Gasteiger partial charge in [0.25, 0.3) is 0 Å². The third-order valence-electron chi connectivity index (χ3n) is 2.30. The summed E-state index contributed by atoms with van der Waals surface area (Å²) in [5.74, 6) is 0. The van der Waals surface area contributed by atoms with Crippen molar-refractivity contribution >= 4 is 11.8 Å². The van der Waals surface area contributed by atoms with Crippen molar-refractivity contribution in [3.8, 4) is 0 Å². The van der Waals surface area contributed by atoms with E-state index in [0.717, 1.165) is 17.0 Å². The molecule has 2 N–H and O–H groups in total. The quantitative estimate of drug-likeness (QED) is 0.706. The van der Waals surface area contributed by atoms with E-state index in [0.29, 0.717) is 0 Å². The zero-order chi connectivity index (χ0) is 8.10. The van der Waals surface area contributed by atoms with Gasteiger partial charge in [0, 0.05) is 10.5 Å². The lowest BCUT2D eigenvalue weighted by Gasteiger charge is -2.14. The van der Waals surface area contributed by atoms with Crippen LogP contribution in [-0.4, -0.2) is 17.0 Å². The van der Waals surface area contributed by atoms with E-state index in [4.69, 9.17) is 5.73 Å². The summed E-state index contributed by atoms with van der Waals surface area (Å²) in [6, 6.07) is 0. The minimum absolute atomic E-state index is 0.781. The summed E-state index contributed by atoms with van der Waals surface area (Å²) in [7, 11) is 0. The second kappa shape index (κ2) is 5.04. The maximum atomic E-state index is 5.49. The molecule has 1 fully saturated rings. The lowest BCUT2D eigenvalue weighted by atomic mass is 10.3. The fourth-order valence-electron chi connectivity index (χ4n) is 1.66. The highest BCUT2D eigenvalue weighted by Crippen LogP contribution is 2.32. The summed E-state index contributed by atoms with van der Waals surface area (Å²) >= 11 is 2.15. The van der Waals surface area contributed by atoms with Crippen molar-refractivity contribution in [3.05, 3.63) is 0 Å². The predicted octanol–water partition coefficient (Wildman–Crippen LogP) is 2.40. The highest BCUT2D eigenvalue weighted by Gasteiger charge is 2.17. The van der Waals surface area contributed by atoms with Crippen LogP contribution in [0.3, 0.4) is 0 Å². The Balaban J connectivity index is 2.08. The molecule has 0 spiro atoms. The summed E-state index contributed by atoms with van der Waals surface area (Å²) in [4.78, 5) is 0. The van der Waals surface area contributed by atoms with E-state index in [2.05, 4.69) is 18.7 Å². The molecule has 1 unspecified atom stereocenters. The smallest absolute Gasteiger partial charge is 0.00497 e. The van der Waals surface area contributed by atoms with Crippen molar-refractivity contribution < 1.29 is 0 Å². The van der Waals surface area contributed by atoms with Gasteiger partial charge in [0.05, 0.1) is 0 Å². The van der Waals surface area contributed by atoms with Crippen molar-refractivity contribution in [2.75, 3.05) is 6.54 Å². The largest absolute Gasteiger partial charge is 0.330 e. The van der Waals surface area contributed by atoms with Crippen LogP contribution in [0.25, 0.3) is 0 Å². The van der Waals surface area contributed by atoms with Gasteiger partial charge in [-0.15, -0.1) is 0 Å². The second-order valence-corrected chi connectivity index (χ2v) is 5.17. The Hall–Kier alpha value is 0.310. The van der Waals surface area contributed by atoms with E-state index in [1.807, 2.05) is 0 Å². The van der Waals surface area contributed by atoms with Gasteiger partial charge in [-0.2, -0.15) is 11.8 Å². The summed E-state index contributed by atoms with van der Waals surface area (Å²) in [6.07, 6.45) is 6.97. The van der Waals surface area contributed by atoms with Crippen LogP contribution in [0.1, 0.15) is 39.0 Å². The van der Waals surface area contributed by atoms with Crippen molar-refractivity contribution in [1.29, 1.82) is 0 Å². The number of hydrogen-bond donors (Lipinski definition) is 1. The first-order chi connectivity index (χ1) is 5.33. The number of thioether (sulfide) groups is 1. The van der Waals surface area contributed by atoms with E-state index >= 15 is 0 Å². The number of nitrogens with two attached hydrogens (primary N) is 1. The van der Waals surface area contributed by atoms with Crippen LogP contribution in [0.5, 0.6) is 0 Å². The zero-order valence-corrected chi connectivity index (χ0v) is 8.20. The van der Waals surface area contributed by atoms with Crippen LogP contribution in [-0.2, 0) is 0 Å². The van der Waals surface area contributed by atoms with E-state index in [1.165, 1.54) is 32.1 Å². The van der Waals surface area contributed by atoms with Gasteiger partial charge in [0.15, 0.2) is 0 Å². The molecule has 1 saturated carbocycles. The first-order valence-electron chi connectivity index (χ1n) is 4.68. The average molecular weight is 173 g/mol. The molecule has 1 atom stereocenters. The van der Waals surface area contributed by atoms with Crippen molar-refractivity contribution in [3.63, 3.8) is 0 Å². The predicted molar refractivity (Wildman–Crippen MR) is 53.0 cm³/mol. The summed E-state index contributed by atoms with van der Waals surface area (Å²) in [5, 5.41) is 1.74. The van der Waals surface area contributed by atoms with Gasteiger partial charge in [-0.05, 0) is 25.8 Å². The van der Waals surface area contributed by atoms with Gasteiger partial charge < -0.3 is 5.73 Å². The van der Waals surface area contributed by atoms with Gasteiger partial charge in [-0.3, -0.25) is 0 Å². The minimum Gasteiger partial charge on any atom is -0.330 e. The monoisotopic (exact) mass is 173 g/mol. The summed E-state index contributed by atoms with van der Waals surface area (Å²) in [6.45, 7) is 3.15. The highest BCUT2D eigenvalue weighted by atomic mass is 32.2. The molecule has 0 radical (unpaired) electrons. The average Bonchev–Trinajstić information content (AvgIpc) is 2.40. The van der Waals surface area contributed by atoms with Gasteiger partial charge in [0.2, 0.25) is 0 Å². The Labute approximate surface area is 74.1 Å². The molecule has 66 valence electrons. The highest BCUT2D eigenvalue weighted by molar-refractivity contribution is 8.00. The van der Waals surface area contributed by atoms with Gasteiger partial charge in [-0.25, -0.2) is 0 Å². The molecular formula is C9H19NS. The van der Waals surface area contributed by atoms with Crippen LogP contribution in [0.15, 0.2) is 0 Å². The third kappa shape index (κ3) is 3.48. The van der Waals surface area contributed by atoms with E-state index in [-0.39, 0.29) is 0 Å². The molecule has 1 aliphatic carbocycles. The fourth-order valence-corrected chi connectivity index (χ4v) is 3.19. The Morgan fingerprint density at radius 1 is 1.45 bits per heavy atom. The van der Waals surface area contributed by atoms with Crippen LogP contribution in [0.4, 0.5) is 0 Å². The minimum atomic E-state index is 0.781. The van der Waals surface area contributed by atoms with Gasteiger partial charge in [-0.1, -0.05) is 19.8 Å². The molecule has 0 aromatic carbocycles. The lowest BCUT2D eigenvalue weighted by molar-refractivity contribution is 0.807. The zero-order valence-electron chi connectivity index (χ0n) is 7.38. The molecule has 0 amide bonds. The van der Waals surface area contributed by atoms with Crippen molar-refractivity contribution in [2.45, 2.75) is 49.5 Å². The number of hydrogen-bond acceptors (Lipinski definition) is 2. The summed E-state index contributed by atoms with van der Waals surface area (Å²) < 4.78 is 0. The molecule has 11 heavy (non-hydrogen) atoms. The van der Waals surface area contributed by atoms with Crippen LogP contribution < -0.4 is 5.73 Å². The Kier molecular flexibility index (Phi) is 4.31. The molecule has 0 saturated heterocycles. The molecule has 0 bridgehead atoms. The molecule has 1 nitrogen and oxygen atoms in total. The molecular weight excluding hydrogens is 154 g/mol.